The molecule has 4 N–H and O–H groups in total. The standard InChI is InChI=1S/C9H13N3/c1-6-3-4-7(2)8(5-6)12-9(10)11/h3-5H,1-2H3,(H4,10,11,12). The molecule has 3 nitrogen and oxygen atoms in total. The fourth-order valence-corrected chi connectivity index (χ4v) is 0.979. The van der Waals surface area contributed by atoms with Gasteiger partial charge in [-0.05, 0) is 31.0 Å². The van der Waals surface area contributed by atoms with Crippen molar-refractivity contribution in [2.75, 3.05) is 0 Å². The van der Waals surface area contributed by atoms with Gasteiger partial charge in [0.25, 0.3) is 0 Å². The molecule has 0 atom stereocenters. The van der Waals surface area contributed by atoms with Crippen LogP contribution in [0.5, 0.6) is 0 Å². The summed E-state index contributed by atoms with van der Waals surface area (Å²) in [6.07, 6.45) is 0. The topological polar surface area (TPSA) is 64.4 Å². The van der Waals surface area contributed by atoms with Crippen LogP contribution < -0.4 is 11.5 Å². The molecule has 0 aromatic heterocycles. The van der Waals surface area contributed by atoms with Crippen LogP contribution in [0.1, 0.15) is 11.1 Å². The van der Waals surface area contributed by atoms with Gasteiger partial charge in [0.15, 0.2) is 5.96 Å². The smallest absolute Gasteiger partial charge is 0.191 e. The van der Waals surface area contributed by atoms with Gasteiger partial charge < -0.3 is 11.5 Å². The van der Waals surface area contributed by atoms with E-state index in [4.69, 9.17) is 11.5 Å². The van der Waals surface area contributed by atoms with Crippen molar-refractivity contribution in [2.24, 2.45) is 16.5 Å². The van der Waals surface area contributed by atoms with E-state index in [9.17, 15) is 0 Å². The molecule has 1 rings (SSSR count). The number of hydrogen-bond acceptors (Lipinski definition) is 1. The molecule has 0 heterocycles. The predicted octanol–water partition coefficient (Wildman–Crippen LogP) is 1.21. The summed E-state index contributed by atoms with van der Waals surface area (Å²) in [4.78, 5) is 3.99. The highest BCUT2D eigenvalue weighted by molar-refractivity contribution is 5.79. The zero-order valence-corrected chi connectivity index (χ0v) is 7.33. The Morgan fingerprint density at radius 1 is 1.25 bits per heavy atom. The fraction of sp³-hybridized carbons (Fsp3) is 0.222. The van der Waals surface area contributed by atoms with Crippen molar-refractivity contribution in [2.45, 2.75) is 13.8 Å². The van der Waals surface area contributed by atoms with Crippen LogP contribution in [0.15, 0.2) is 23.2 Å². The lowest BCUT2D eigenvalue weighted by atomic mass is 10.1. The first-order valence-corrected chi connectivity index (χ1v) is 3.76. The normalized spacial score (nSPS) is 9.50. The SMILES string of the molecule is Cc1ccc(C)c(N=C(N)N)c1. The molecule has 0 unspecified atom stereocenters. The lowest BCUT2D eigenvalue weighted by Crippen LogP contribution is -2.22. The van der Waals surface area contributed by atoms with Gasteiger partial charge in [0.1, 0.15) is 0 Å². The molecular formula is C9H13N3. The van der Waals surface area contributed by atoms with Gasteiger partial charge in [-0.2, -0.15) is 0 Å². The Morgan fingerprint density at radius 2 is 1.92 bits per heavy atom. The average molecular weight is 163 g/mol. The van der Waals surface area contributed by atoms with Crippen molar-refractivity contribution in [1.82, 2.24) is 0 Å². The first-order chi connectivity index (χ1) is 5.59. The average Bonchev–Trinajstić information content (AvgIpc) is 1.96. The summed E-state index contributed by atoms with van der Waals surface area (Å²) in [5.74, 6) is 0.101. The van der Waals surface area contributed by atoms with Crippen molar-refractivity contribution in [3.8, 4) is 0 Å². The minimum absolute atomic E-state index is 0.101. The van der Waals surface area contributed by atoms with Gasteiger partial charge in [-0.3, -0.25) is 0 Å². The first kappa shape index (κ1) is 8.59. The Labute approximate surface area is 72.1 Å². The van der Waals surface area contributed by atoms with Crippen molar-refractivity contribution < 1.29 is 0 Å². The maximum atomic E-state index is 5.27. The summed E-state index contributed by atoms with van der Waals surface area (Å²) >= 11 is 0. The minimum atomic E-state index is 0.101. The molecule has 0 fully saturated rings. The number of benzene rings is 1. The van der Waals surface area contributed by atoms with Gasteiger partial charge in [0.2, 0.25) is 0 Å². The lowest BCUT2D eigenvalue weighted by Gasteiger charge is -2.01. The van der Waals surface area contributed by atoms with Gasteiger partial charge in [0.05, 0.1) is 5.69 Å². The maximum Gasteiger partial charge on any atom is 0.191 e. The second-order valence-corrected chi connectivity index (χ2v) is 2.83. The third-order valence-electron chi connectivity index (χ3n) is 1.61. The van der Waals surface area contributed by atoms with Crippen molar-refractivity contribution >= 4 is 11.6 Å². The summed E-state index contributed by atoms with van der Waals surface area (Å²) in [6.45, 7) is 3.98. The van der Waals surface area contributed by atoms with Crippen LogP contribution in [0.2, 0.25) is 0 Å². The molecule has 3 heteroatoms. The van der Waals surface area contributed by atoms with Gasteiger partial charge in [0, 0.05) is 0 Å². The van der Waals surface area contributed by atoms with Crippen molar-refractivity contribution in [1.29, 1.82) is 0 Å². The van der Waals surface area contributed by atoms with E-state index in [1.54, 1.807) is 0 Å². The molecule has 0 bridgehead atoms. The largest absolute Gasteiger partial charge is 0.370 e. The maximum absolute atomic E-state index is 5.27. The highest BCUT2D eigenvalue weighted by Crippen LogP contribution is 2.18. The zero-order valence-electron chi connectivity index (χ0n) is 7.33. The van der Waals surface area contributed by atoms with E-state index in [0.717, 1.165) is 16.8 Å². The Hall–Kier alpha value is -1.51. The highest BCUT2D eigenvalue weighted by Gasteiger charge is 1.95. The number of nitrogens with two attached hydrogens (primary N) is 2. The number of rotatable bonds is 1. The van der Waals surface area contributed by atoms with Crippen LogP contribution in [0.3, 0.4) is 0 Å². The van der Waals surface area contributed by atoms with Crippen LogP contribution >= 0.6 is 0 Å². The molecule has 0 aliphatic carbocycles. The Balaban J connectivity index is 3.14. The molecule has 1 aromatic carbocycles. The summed E-state index contributed by atoms with van der Waals surface area (Å²) in [7, 11) is 0. The molecule has 0 saturated heterocycles. The molecule has 0 aliphatic rings. The number of aliphatic imine (C=N–C) groups is 1. The molecule has 12 heavy (non-hydrogen) atoms. The number of hydrogen-bond donors (Lipinski definition) is 2. The summed E-state index contributed by atoms with van der Waals surface area (Å²) in [5, 5.41) is 0. The molecule has 0 saturated carbocycles. The van der Waals surface area contributed by atoms with Gasteiger partial charge >= 0.3 is 0 Å². The highest BCUT2D eigenvalue weighted by atomic mass is 15.0. The monoisotopic (exact) mass is 163 g/mol. The first-order valence-electron chi connectivity index (χ1n) is 3.76. The minimum Gasteiger partial charge on any atom is -0.370 e. The molecule has 0 aliphatic heterocycles. The number of nitrogens with zero attached hydrogens (tertiary/aromatic N) is 1. The van der Waals surface area contributed by atoms with Gasteiger partial charge in [-0.15, -0.1) is 0 Å². The van der Waals surface area contributed by atoms with Crippen LogP contribution in [0.25, 0.3) is 0 Å². The molecular weight excluding hydrogens is 150 g/mol. The Morgan fingerprint density at radius 3 is 2.50 bits per heavy atom. The third-order valence-corrected chi connectivity index (χ3v) is 1.61. The second kappa shape index (κ2) is 3.26. The van der Waals surface area contributed by atoms with Crippen LogP contribution in [0.4, 0.5) is 5.69 Å². The number of aryl methyl sites for hydroxylation is 2. The van der Waals surface area contributed by atoms with Crippen LogP contribution in [-0.4, -0.2) is 5.96 Å². The second-order valence-electron chi connectivity index (χ2n) is 2.83. The lowest BCUT2D eigenvalue weighted by molar-refractivity contribution is 1.33. The number of guanidine groups is 1. The molecule has 0 spiro atoms. The van der Waals surface area contributed by atoms with Crippen molar-refractivity contribution in [3.05, 3.63) is 29.3 Å². The van der Waals surface area contributed by atoms with Crippen LogP contribution in [0, 0.1) is 13.8 Å². The zero-order chi connectivity index (χ0) is 9.14. The Kier molecular flexibility index (Phi) is 2.33. The predicted molar refractivity (Wildman–Crippen MR) is 51.4 cm³/mol. The summed E-state index contributed by atoms with van der Waals surface area (Å²) in [6, 6.07) is 5.98. The van der Waals surface area contributed by atoms with Gasteiger partial charge in [-0.25, -0.2) is 4.99 Å². The summed E-state index contributed by atoms with van der Waals surface area (Å²) < 4.78 is 0. The molecule has 64 valence electrons. The van der Waals surface area contributed by atoms with Gasteiger partial charge in [-0.1, -0.05) is 12.1 Å². The fourth-order valence-electron chi connectivity index (χ4n) is 0.979. The van der Waals surface area contributed by atoms with E-state index in [-0.39, 0.29) is 5.96 Å². The quantitative estimate of drug-likeness (QED) is 0.482. The Bertz CT molecular complexity index is 312. The third kappa shape index (κ3) is 1.99. The van der Waals surface area contributed by atoms with Crippen molar-refractivity contribution in [3.63, 3.8) is 0 Å². The molecule has 0 amide bonds. The van der Waals surface area contributed by atoms with Crippen LogP contribution in [-0.2, 0) is 0 Å². The van der Waals surface area contributed by atoms with E-state index in [1.165, 1.54) is 0 Å². The summed E-state index contributed by atoms with van der Waals surface area (Å²) in [5.41, 5.74) is 13.6. The van der Waals surface area contributed by atoms with E-state index in [1.807, 2.05) is 32.0 Å². The van der Waals surface area contributed by atoms with E-state index in [0.29, 0.717) is 0 Å². The van der Waals surface area contributed by atoms with E-state index < -0.39 is 0 Å². The van der Waals surface area contributed by atoms with E-state index in [2.05, 4.69) is 4.99 Å². The molecule has 1 aromatic rings. The molecule has 0 radical (unpaired) electrons. The van der Waals surface area contributed by atoms with E-state index >= 15 is 0 Å².